The Morgan fingerprint density at radius 3 is 2.45 bits per heavy atom. The van der Waals surface area contributed by atoms with E-state index in [1.54, 1.807) is 6.20 Å². The number of rotatable bonds is 8. The summed E-state index contributed by atoms with van der Waals surface area (Å²) in [5, 5.41) is 13.4. The van der Waals surface area contributed by atoms with Gasteiger partial charge in [0, 0.05) is 12.7 Å². The summed E-state index contributed by atoms with van der Waals surface area (Å²) < 4.78 is 5.44. The summed E-state index contributed by atoms with van der Waals surface area (Å²) in [6, 6.07) is 15.9. The van der Waals surface area contributed by atoms with Crippen LogP contribution in [0.5, 0.6) is 0 Å². The van der Waals surface area contributed by atoms with E-state index in [4.69, 9.17) is 4.74 Å². The highest BCUT2D eigenvalue weighted by molar-refractivity contribution is 5.27. The van der Waals surface area contributed by atoms with Crippen molar-refractivity contribution >= 4 is 0 Å². The number of nitrogens with zero attached hydrogens (tertiary/aromatic N) is 1. The second kappa shape index (κ2) is 8.63. The Labute approximate surface area is 132 Å². The van der Waals surface area contributed by atoms with E-state index in [1.165, 1.54) is 0 Å². The molecule has 2 atom stereocenters. The van der Waals surface area contributed by atoms with Crippen LogP contribution in [0.3, 0.4) is 0 Å². The molecule has 0 aliphatic heterocycles. The molecule has 0 aliphatic rings. The van der Waals surface area contributed by atoms with Gasteiger partial charge in [0.15, 0.2) is 0 Å². The van der Waals surface area contributed by atoms with E-state index in [2.05, 4.69) is 22.4 Å². The molecule has 2 unspecified atom stereocenters. The molecule has 4 nitrogen and oxygen atoms in total. The third-order valence-electron chi connectivity index (χ3n) is 3.30. The Bertz CT molecular complexity index is 492. The van der Waals surface area contributed by atoms with Crippen LogP contribution in [-0.2, 0) is 4.74 Å². The fraction of sp³-hybridized carbons (Fsp3) is 0.389. The lowest BCUT2D eigenvalue weighted by molar-refractivity contribution is 0.00577. The van der Waals surface area contributed by atoms with Gasteiger partial charge in [-0.25, -0.2) is 0 Å². The lowest BCUT2D eigenvalue weighted by Gasteiger charge is -2.21. The van der Waals surface area contributed by atoms with Crippen molar-refractivity contribution < 1.29 is 9.84 Å². The molecule has 0 saturated carbocycles. The highest BCUT2D eigenvalue weighted by atomic mass is 16.5. The van der Waals surface area contributed by atoms with Gasteiger partial charge in [-0.05, 0) is 31.5 Å². The van der Waals surface area contributed by atoms with Crippen LogP contribution in [0.25, 0.3) is 0 Å². The summed E-state index contributed by atoms with van der Waals surface area (Å²) in [7, 11) is 0. The van der Waals surface area contributed by atoms with E-state index >= 15 is 0 Å². The lowest BCUT2D eigenvalue weighted by Crippen LogP contribution is -2.34. The van der Waals surface area contributed by atoms with Crippen LogP contribution < -0.4 is 5.32 Å². The Balaban J connectivity index is 2.03. The Kier molecular flexibility index (Phi) is 6.52. The molecule has 0 saturated heterocycles. The Morgan fingerprint density at radius 1 is 1.09 bits per heavy atom. The number of aliphatic hydroxyl groups is 1. The fourth-order valence-corrected chi connectivity index (χ4v) is 2.20. The number of benzene rings is 1. The molecule has 0 spiro atoms. The first kappa shape index (κ1) is 16.6. The van der Waals surface area contributed by atoms with Gasteiger partial charge in [-0.15, -0.1) is 0 Å². The number of ether oxygens (including phenoxy) is 1. The topological polar surface area (TPSA) is 54.4 Å². The van der Waals surface area contributed by atoms with E-state index < -0.39 is 6.10 Å². The summed E-state index contributed by atoms with van der Waals surface area (Å²) in [4.78, 5) is 4.43. The normalized spacial score (nSPS) is 14.0. The Hall–Kier alpha value is -1.75. The molecular weight excluding hydrogens is 276 g/mol. The van der Waals surface area contributed by atoms with Gasteiger partial charge < -0.3 is 15.2 Å². The largest absolute Gasteiger partial charge is 0.389 e. The van der Waals surface area contributed by atoms with Gasteiger partial charge >= 0.3 is 0 Å². The highest BCUT2D eigenvalue weighted by Gasteiger charge is 2.16. The smallest absolute Gasteiger partial charge is 0.0898 e. The van der Waals surface area contributed by atoms with Gasteiger partial charge in [-0.2, -0.15) is 0 Å². The van der Waals surface area contributed by atoms with Crippen molar-refractivity contribution in [1.29, 1.82) is 0 Å². The van der Waals surface area contributed by atoms with Crippen molar-refractivity contribution in [3.05, 3.63) is 66.0 Å². The molecule has 0 bridgehead atoms. The molecule has 0 radical (unpaired) electrons. The average molecular weight is 300 g/mol. The molecule has 1 aromatic heterocycles. The zero-order chi connectivity index (χ0) is 15.8. The maximum Gasteiger partial charge on any atom is 0.0898 e. The quantitative estimate of drug-likeness (QED) is 0.786. The van der Waals surface area contributed by atoms with Crippen molar-refractivity contribution in [1.82, 2.24) is 10.3 Å². The third kappa shape index (κ3) is 5.22. The average Bonchev–Trinajstić information content (AvgIpc) is 2.55. The predicted molar refractivity (Wildman–Crippen MR) is 87.6 cm³/mol. The van der Waals surface area contributed by atoms with Crippen molar-refractivity contribution in [2.45, 2.75) is 32.1 Å². The maximum absolute atomic E-state index is 10.0. The molecule has 0 amide bonds. The number of aliphatic hydroxyl groups excluding tert-OH is 1. The second-order valence-corrected chi connectivity index (χ2v) is 5.54. The SMILES string of the molecule is CC(C)OCC(O)CNC(c1ccccc1)c1ccccn1. The Morgan fingerprint density at radius 2 is 1.82 bits per heavy atom. The summed E-state index contributed by atoms with van der Waals surface area (Å²) in [5.41, 5.74) is 2.06. The zero-order valence-electron chi connectivity index (χ0n) is 13.1. The standard InChI is InChI=1S/C18H24N2O2/c1-14(2)22-13-16(21)12-20-18(15-8-4-3-5-9-15)17-10-6-7-11-19-17/h3-11,14,16,18,20-21H,12-13H2,1-2H3. The molecule has 22 heavy (non-hydrogen) atoms. The first-order valence-electron chi connectivity index (χ1n) is 7.65. The molecule has 1 aromatic carbocycles. The fourth-order valence-electron chi connectivity index (χ4n) is 2.20. The molecule has 1 heterocycles. The van der Waals surface area contributed by atoms with E-state index in [9.17, 15) is 5.11 Å². The van der Waals surface area contributed by atoms with E-state index in [0.717, 1.165) is 11.3 Å². The van der Waals surface area contributed by atoms with Crippen molar-refractivity contribution in [3.63, 3.8) is 0 Å². The zero-order valence-corrected chi connectivity index (χ0v) is 13.1. The highest BCUT2D eigenvalue weighted by Crippen LogP contribution is 2.19. The van der Waals surface area contributed by atoms with Crippen LogP contribution in [0.1, 0.15) is 31.1 Å². The van der Waals surface area contributed by atoms with Crippen LogP contribution in [-0.4, -0.2) is 35.5 Å². The van der Waals surface area contributed by atoms with Crippen molar-refractivity contribution in [2.75, 3.05) is 13.2 Å². The van der Waals surface area contributed by atoms with Crippen molar-refractivity contribution in [3.8, 4) is 0 Å². The van der Waals surface area contributed by atoms with Crippen LogP contribution in [0, 0.1) is 0 Å². The van der Waals surface area contributed by atoms with E-state index in [0.29, 0.717) is 13.2 Å². The summed E-state index contributed by atoms with van der Waals surface area (Å²) in [6.07, 6.45) is 1.36. The summed E-state index contributed by atoms with van der Waals surface area (Å²) in [6.45, 7) is 4.69. The van der Waals surface area contributed by atoms with Crippen LogP contribution in [0.4, 0.5) is 0 Å². The number of aromatic nitrogens is 1. The van der Waals surface area contributed by atoms with Gasteiger partial charge in [0.05, 0.1) is 30.6 Å². The monoisotopic (exact) mass is 300 g/mol. The second-order valence-electron chi connectivity index (χ2n) is 5.54. The minimum absolute atomic E-state index is 0.0453. The van der Waals surface area contributed by atoms with E-state index in [1.807, 2.05) is 50.2 Å². The van der Waals surface area contributed by atoms with Gasteiger partial charge in [-0.3, -0.25) is 4.98 Å². The summed E-state index contributed by atoms with van der Waals surface area (Å²) in [5.74, 6) is 0. The molecule has 0 fully saturated rings. The van der Waals surface area contributed by atoms with Crippen molar-refractivity contribution in [2.24, 2.45) is 0 Å². The molecule has 2 rings (SSSR count). The predicted octanol–water partition coefficient (Wildman–Crippen LogP) is 2.55. The molecule has 0 aliphatic carbocycles. The van der Waals surface area contributed by atoms with Crippen LogP contribution in [0.2, 0.25) is 0 Å². The van der Waals surface area contributed by atoms with Gasteiger partial charge in [0.25, 0.3) is 0 Å². The van der Waals surface area contributed by atoms with Crippen LogP contribution >= 0.6 is 0 Å². The third-order valence-corrected chi connectivity index (χ3v) is 3.30. The lowest BCUT2D eigenvalue weighted by atomic mass is 10.0. The minimum atomic E-state index is -0.544. The number of nitrogens with one attached hydrogen (secondary N) is 1. The molecular formula is C18H24N2O2. The summed E-state index contributed by atoms with van der Waals surface area (Å²) >= 11 is 0. The van der Waals surface area contributed by atoms with Gasteiger partial charge in [0.1, 0.15) is 0 Å². The van der Waals surface area contributed by atoms with E-state index in [-0.39, 0.29) is 12.1 Å². The molecule has 2 N–H and O–H groups in total. The number of pyridine rings is 1. The number of hydrogen-bond acceptors (Lipinski definition) is 4. The minimum Gasteiger partial charge on any atom is -0.389 e. The first-order valence-corrected chi connectivity index (χ1v) is 7.65. The number of hydrogen-bond donors (Lipinski definition) is 2. The maximum atomic E-state index is 10.0. The van der Waals surface area contributed by atoms with Gasteiger partial charge in [0.2, 0.25) is 0 Å². The molecule has 4 heteroatoms. The van der Waals surface area contributed by atoms with Crippen LogP contribution in [0.15, 0.2) is 54.7 Å². The molecule has 118 valence electrons. The molecule has 2 aromatic rings. The van der Waals surface area contributed by atoms with Gasteiger partial charge in [-0.1, -0.05) is 36.4 Å². The first-order chi connectivity index (χ1) is 10.7.